The highest BCUT2D eigenvalue weighted by Gasteiger charge is 2.33. The first-order valence-corrected chi connectivity index (χ1v) is 8.31. The first kappa shape index (κ1) is 12.0. The minimum atomic E-state index is 0.707. The largest absolute Gasteiger partial charge is 0.383 e. The summed E-state index contributed by atoms with van der Waals surface area (Å²) in [5, 5.41) is 1.37. The van der Waals surface area contributed by atoms with E-state index in [0.717, 1.165) is 24.8 Å². The Bertz CT molecular complexity index is 456. The maximum atomic E-state index is 6.05. The maximum Gasteiger partial charge on any atom is 0.142 e. The maximum absolute atomic E-state index is 6.05. The van der Waals surface area contributed by atoms with Gasteiger partial charge in [-0.15, -0.1) is 0 Å². The van der Waals surface area contributed by atoms with Crippen LogP contribution in [0.4, 0.5) is 10.8 Å². The van der Waals surface area contributed by atoms with Crippen LogP contribution < -0.4 is 10.6 Å². The predicted octanol–water partition coefficient (Wildman–Crippen LogP) is 2.13. The first-order chi connectivity index (χ1) is 9.31. The molecule has 0 radical (unpaired) electrons. The Morgan fingerprint density at radius 1 is 1.11 bits per heavy atom. The molecule has 3 aliphatic rings. The molecule has 1 saturated heterocycles. The highest BCUT2D eigenvalue weighted by atomic mass is 32.1. The van der Waals surface area contributed by atoms with Crippen molar-refractivity contribution in [2.45, 2.75) is 31.6 Å². The standard InChI is InChI=1S/C14H22N4S/c15-13-12(11-3-4-11)14(19-16-13)18-7-5-17(6-8-18)9-10-1-2-10/h10-11H,1-9H2,(H2,15,16). The third-order valence-corrected chi connectivity index (χ3v) is 5.53. The van der Waals surface area contributed by atoms with Crippen molar-refractivity contribution in [1.82, 2.24) is 9.27 Å². The SMILES string of the molecule is Nc1nsc(N2CCN(CC3CC3)CC2)c1C1CC1. The van der Waals surface area contributed by atoms with E-state index in [1.165, 1.54) is 55.9 Å². The Morgan fingerprint density at radius 2 is 1.84 bits per heavy atom. The zero-order chi connectivity index (χ0) is 12.8. The van der Waals surface area contributed by atoms with Gasteiger partial charge in [0, 0.05) is 38.3 Å². The lowest BCUT2D eigenvalue weighted by molar-refractivity contribution is 0.248. The molecule has 2 saturated carbocycles. The van der Waals surface area contributed by atoms with Gasteiger partial charge in [0.05, 0.1) is 0 Å². The van der Waals surface area contributed by atoms with E-state index in [0.29, 0.717) is 5.92 Å². The van der Waals surface area contributed by atoms with Crippen molar-refractivity contribution >= 4 is 22.4 Å². The fourth-order valence-electron chi connectivity index (χ4n) is 3.08. The second-order valence-corrected chi connectivity index (χ2v) is 7.04. The van der Waals surface area contributed by atoms with Gasteiger partial charge in [-0.2, -0.15) is 4.37 Å². The van der Waals surface area contributed by atoms with Gasteiger partial charge in [-0.05, 0) is 49.1 Å². The average molecular weight is 278 g/mol. The van der Waals surface area contributed by atoms with E-state index in [9.17, 15) is 0 Å². The molecular formula is C14H22N4S. The van der Waals surface area contributed by atoms with Crippen molar-refractivity contribution in [3.8, 4) is 0 Å². The van der Waals surface area contributed by atoms with E-state index in [1.54, 1.807) is 11.5 Å². The molecule has 2 aliphatic carbocycles. The van der Waals surface area contributed by atoms with Crippen LogP contribution in [-0.2, 0) is 0 Å². The second-order valence-electron chi connectivity index (χ2n) is 6.29. The average Bonchev–Trinajstić information content (AvgIpc) is 3.32. The van der Waals surface area contributed by atoms with Gasteiger partial charge >= 0.3 is 0 Å². The number of aromatic nitrogens is 1. The summed E-state index contributed by atoms with van der Waals surface area (Å²) < 4.78 is 4.39. The van der Waals surface area contributed by atoms with Crippen molar-refractivity contribution in [2.24, 2.45) is 5.92 Å². The van der Waals surface area contributed by atoms with Gasteiger partial charge in [-0.25, -0.2) is 0 Å². The van der Waals surface area contributed by atoms with Crippen LogP contribution in [0.2, 0.25) is 0 Å². The van der Waals surface area contributed by atoms with E-state index >= 15 is 0 Å². The summed E-state index contributed by atoms with van der Waals surface area (Å²) in [5.41, 5.74) is 7.41. The monoisotopic (exact) mass is 278 g/mol. The highest BCUT2D eigenvalue weighted by molar-refractivity contribution is 7.10. The van der Waals surface area contributed by atoms with Crippen LogP contribution >= 0.6 is 11.5 Å². The first-order valence-electron chi connectivity index (χ1n) is 7.53. The van der Waals surface area contributed by atoms with E-state index < -0.39 is 0 Å². The van der Waals surface area contributed by atoms with Crippen LogP contribution in [0.1, 0.15) is 37.2 Å². The van der Waals surface area contributed by atoms with E-state index in [2.05, 4.69) is 14.2 Å². The second kappa shape index (κ2) is 4.63. The molecule has 1 aromatic rings. The number of hydrogen-bond acceptors (Lipinski definition) is 5. The summed E-state index contributed by atoms with van der Waals surface area (Å²) in [4.78, 5) is 5.15. The van der Waals surface area contributed by atoms with E-state index in [4.69, 9.17) is 5.73 Å². The van der Waals surface area contributed by atoms with Crippen molar-refractivity contribution in [3.05, 3.63) is 5.56 Å². The van der Waals surface area contributed by atoms with Crippen LogP contribution in [0.5, 0.6) is 0 Å². The molecule has 0 unspecified atom stereocenters. The minimum Gasteiger partial charge on any atom is -0.383 e. The minimum absolute atomic E-state index is 0.707. The predicted molar refractivity (Wildman–Crippen MR) is 79.9 cm³/mol. The normalized spacial score (nSPS) is 24.9. The molecule has 4 rings (SSSR count). The molecule has 0 bridgehead atoms. The third kappa shape index (κ3) is 2.46. The lowest BCUT2D eigenvalue weighted by atomic mass is 10.2. The van der Waals surface area contributed by atoms with Gasteiger partial charge < -0.3 is 10.6 Å². The molecule has 0 atom stereocenters. The lowest BCUT2D eigenvalue weighted by Crippen LogP contribution is -2.47. The molecule has 0 amide bonds. The summed E-state index contributed by atoms with van der Waals surface area (Å²) in [6.07, 6.45) is 5.52. The molecule has 0 aromatic carbocycles. The van der Waals surface area contributed by atoms with Crippen molar-refractivity contribution in [1.29, 1.82) is 0 Å². The summed E-state index contributed by atoms with van der Waals surface area (Å²) in [5.74, 6) is 2.51. The molecule has 2 heterocycles. The molecule has 1 aromatic heterocycles. The summed E-state index contributed by atoms with van der Waals surface area (Å²) in [6, 6.07) is 0. The zero-order valence-electron chi connectivity index (χ0n) is 11.3. The lowest BCUT2D eigenvalue weighted by Gasteiger charge is -2.35. The summed E-state index contributed by atoms with van der Waals surface area (Å²) >= 11 is 1.61. The molecular weight excluding hydrogens is 256 g/mol. The number of nitrogens with zero attached hydrogens (tertiary/aromatic N) is 3. The molecule has 0 spiro atoms. The van der Waals surface area contributed by atoms with Crippen LogP contribution in [0.15, 0.2) is 0 Å². The highest BCUT2D eigenvalue weighted by Crippen LogP contribution is 2.48. The van der Waals surface area contributed by atoms with Crippen LogP contribution in [-0.4, -0.2) is 42.0 Å². The van der Waals surface area contributed by atoms with Gasteiger partial charge in [0.1, 0.15) is 10.8 Å². The summed E-state index contributed by atoms with van der Waals surface area (Å²) in [7, 11) is 0. The van der Waals surface area contributed by atoms with Gasteiger partial charge in [-0.1, -0.05) is 0 Å². The van der Waals surface area contributed by atoms with E-state index in [-0.39, 0.29) is 0 Å². The van der Waals surface area contributed by atoms with Gasteiger partial charge in [0.25, 0.3) is 0 Å². The molecule has 1 aliphatic heterocycles. The molecule has 4 nitrogen and oxygen atoms in total. The quantitative estimate of drug-likeness (QED) is 0.916. The number of nitrogen functional groups attached to an aromatic ring is 1. The molecule has 2 N–H and O–H groups in total. The third-order valence-electron chi connectivity index (χ3n) is 4.60. The van der Waals surface area contributed by atoms with Crippen LogP contribution in [0.25, 0.3) is 0 Å². The molecule has 5 heteroatoms. The van der Waals surface area contributed by atoms with E-state index in [1.807, 2.05) is 0 Å². The fraction of sp³-hybridized carbons (Fsp3) is 0.786. The Morgan fingerprint density at radius 3 is 2.47 bits per heavy atom. The summed E-state index contributed by atoms with van der Waals surface area (Å²) in [6.45, 7) is 6.03. The van der Waals surface area contributed by atoms with Gasteiger partial charge in [-0.3, -0.25) is 4.90 Å². The van der Waals surface area contributed by atoms with Crippen LogP contribution in [0, 0.1) is 5.92 Å². The number of hydrogen-bond donors (Lipinski definition) is 1. The number of piperazine rings is 1. The van der Waals surface area contributed by atoms with Crippen molar-refractivity contribution < 1.29 is 0 Å². The fourth-order valence-corrected chi connectivity index (χ4v) is 4.03. The number of anilines is 2. The van der Waals surface area contributed by atoms with Gasteiger partial charge in [0.15, 0.2) is 0 Å². The Labute approximate surface area is 118 Å². The number of nitrogens with two attached hydrogens (primary N) is 1. The Balaban J connectivity index is 1.42. The Kier molecular flexibility index (Phi) is 2.92. The Hall–Kier alpha value is -0.810. The topological polar surface area (TPSA) is 45.4 Å². The van der Waals surface area contributed by atoms with Crippen molar-refractivity contribution in [3.63, 3.8) is 0 Å². The van der Waals surface area contributed by atoms with Gasteiger partial charge in [0.2, 0.25) is 0 Å². The van der Waals surface area contributed by atoms with Crippen molar-refractivity contribution in [2.75, 3.05) is 43.4 Å². The molecule has 19 heavy (non-hydrogen) atoms. The molecule has 3 fully saturated rings. The number of rotatable bonds is 4. The molecule has 104 valence electrons. The zero-order valence-corrected chi connectivity index (χ0v) is 12.2. The van der Waals surface area contributed by atoms with Crippen LogP contribution in [0.3, 0.4) is 0 Å². The smallest absolute Gasteiger partial charge is 0.142 e.